The van der Waals surface area contributed by atoms with E-state index in [-0.39, 0.29) is 12.3 Å². The minimum Gasteiger partial charge on any atom is -0.387 e. The van der Waals surface area contributed by atoms with Crippen molar-refractivity contribution in [3.63, 3.8) is 0 Å². The molecule has 0 aliphatic heterocycles. The highest BCUT2D eigenvalue weighted by Crippen LogP contribution is 2.35. The molecule has 1 saturated carbocycles. The molecule has 0 saturated heterocycles. The molecule has 1 aliphatic rings. The average molecular weight is 434 g/mol. The van der Waals surface area contributed by atoms with E-state index in [4.69, 9.17) is 1.37 Å². The number of carbonyl (C=O) groups excluding carboxylic acids is 1. The smallest absolute Gasteiger partial charge is 0.231 e. The quantitative estimate of drug-likeness (QED) is 0.470. The van der Waals surface area contributed by atoms with Gasteiger partial charge in [0.1, 0.15) is 17.6 Å². The Balaban J connectivity index is 1.56. The number of aliphatic hydroxyl groups is 1. The molecular weight excluding hydrogens is 409 g/mol. The second-order valence-corrected chi connectivity index (χ2v) is 8.24. The first-order chi connectivity index (χ1) is 15.8. The number of anilines is 1. The van der Waals surface area contributed by atoms with Crippen molar-refractivity contribution >= 4 is 28.3 Å². The molecule has 0 spiro atoms. The fraction of sp³-hybridized carbons (Fsp3) is 0.333. The molecule has 4 aromatic heterocycles. The van der Waals surface area contributed by atoms with Gasteiger partial charge in [-0.15, -0.1) is 0 Å². The number of imidazole rings is 1. The lowest BCUT2D eigenvalue weighted by molar-refractivity contribution is -0.117. The number of fused-ring (bicyclic) bond motifs is 3. The summed E-state index contributed by atoms with van der Waals surface area (Å²) in [6.45, 7) is 3.83. The number of hydrogen-bond donors (Lipinski definition) is 2. The molecule has 164 valence electrons. The Kier molecular flexibility index (Phi) is 4.79. The van der Waals surface area contributed by atoms with Crippen molar-refractivity contribution in [3.05, 3.63) is 54.2 Å². The van der Waals surface area contributed by atoms with E-state index in [0.717, 1.165) is 27.6 Å². The number of aryl methyl sites for hydroxylation is 1. The lowest BCUT2D eigenvalue weighted by atomic mass is 10.00. The van der Waals surface area contributed by atoms with E-state index in [9.17, 15) is 14.3 Å². The van der Waals surface area contributed by atoms with Crippen molar-refractivity contribution in [2.24, 2.45) is 5.92 Å². The van der Waals surface area contributed by atoms with Crippen molar-refractivity contribution in [2.75, 3.05) is 5.32 Å². The van der Waals surface area contributed by atoms with Gasteiger partial charge in [-0.3, -0.25) is 14.2 Å². The van der Waals surface area contributed by atoms with Gasteiger partial charge in [-0.25, -0.2) is 14.4 Å². The van der Waals surface area contributed by atoms with Gasteiger partial charge in [-0.05, 0) is 37.5 Å². The molecule has 0 radical (unpaired) electrons. The van der Waals surface area contributed by atoms with Crippen LogP contribution in [0.5, 0.6) is 0 Å². The van der Waals surface area contributed by atoms with Gasteiger partial charge in [-0.2, -0.15) is 0 Å². The molecule has 3 atom stereocenters. The van der Waals surface area contributed by atoms with Gasteiger partial charge in [0.15, 0.2) is 0 Å². The molecule has 2 N–H and O–H groups in total. The summed E-state index contributed by atoms with van der Waals surface area (Å²) in [5, 5.41) is 13.9. The van der Waals surface area contributed by atoms with E-state index in [1.807, 2.05) is 30.5 Å². The van der Waals surface area contributed by atoms with Crippen LogP contribution >= 0.6 is 0 Å². The minimum atomic E-state index is -1.72. The Morgan fingerprint density at radius 1 is 1.31 bits per heavy atom. The average Bonchev–Trinajstić information content (AvgIpc) is 3.30. The standard InChI is InChI=1S/C24H24FN5O2/c1-3-4-21(31)19-7-13(2)17(12-27-19)15-8-14-11-28-22(29-24(32)16-9-18(16)25)10-20(14)30-6-5-26-23(15)30/h5-8,10-12,16,18,21,31H,3-4,9H2,1-2H3,(H,28,29,32)/t16-,18+,21-/m0/s1/i21D. The number of halogens is 1. The molecule has 1 fully saturated rings. The predicted octanol–water partition coefficient (Wildman–Crippen LogP) is 4.38. The first-order valence-corrected chi connectivity index (χ1v) is 10.7. The first-order valence-electron chi connectivity index (χ1n) is 11.2. The molecular formula is C24H24FN5O2. The van der Waals surface area contributed by atoms with E-state index < -0.39 is 18.2 Å². The van der Waals surface area contributed by atoms with Crippen LogP contribution in [0, 0.1) is 12.8 Å². The Morgan fingerprint density at radius 2 is 2.12 bits per heavy atom. The third-order valence-electron chi connectivity index (χ3n) is 5.84. The van der Waals surface area contributed by atoms with Gasteiger partial charge >= 0.3 is 0 Å². The Hall–Kier alpha value is -3.39. The van der Waals surface area contributed by atoms with Gasteiger partial charge in [0.2, 0.25) is 5.91 Å². The van der Waals surface area contributed by atoms with Crippen molar-refractivity contribution in [1.29, 1.82) is 0 Å². The summed E-state index contributed by atoms with van der Waals surface area (Å²) in [5.41, 5.74) is 4.36. The number of amides is 1. The van der Waals surface area contributed by atoms with Crippen LogP contribution in [0.25, 0.3) is 27.7 Å². The molecule has 1 amide bonds. The fourth-order valence-corrected chi connectivity index (χ4v) is 3.97. The molecule has 1 aliphatic carbocycles. The molecule has 4 aromatic rings. The molecule has 7 nitrogen and oxygen atoms in total. The lowest BCUT2D eigenvalue weighted by Gasteiger charge is -2.14. The predicted molar refractivity (Wildman–Crippen MR) is 120 cm³/mol. The summed E-state index contributed by atoms with van der Waals surface area (Å²) in [4.78, 5) is 25.3. The maximum atomic E-state index is 13.2. The van der Waals surface area contributed by atoms with Crippen LogP contribution < -0.4 is 5.32 Å². The van der Waals surface area contributed by atoms with Crippen molar-refractivity contribution in [3.8, 4) is 11.1 Å². The van der Waals surface area contributed by atoms with Gasteiger partial charge in [0, 0.05) is 47.4 Å². The summed E-state index contributed by atoms with van der Waals surface area (Å²) in [5.74, 6) is -0.579. The molecule has 0 aromatic carbocycles. The number of alkyl halides is 1. The van der Waals surface area contributed by atoms with E-state index in [1.165, 1.54) is 0 Å². The summed E-state index contributed by atoms with van der Waals surface area (Å²) in [6, 6.07) is 5.45. The lowest BCUT2D eigenvalue weighted by Crippen LogP contribution is -2.16. The maximum Gasteiger partial charge on any atom is 0.231 e. The first kappa shape index (κ1) is 19.3. The summed E-state index contributed by atoms with van der Waals surface area (Å²) in [7, 11) is 0. The highest BCUT2D eigenvalue weighted by Gasteiger charge is 2.43. The third-order valence-corrected chi connectivity index (χ3v) is 5.84. The number of hydrogen-bond acceptors (Lipinski definition) is 5. The molecule has 5 rings (SSSR count). The topological polar surface area (TPSA) is 92.4 Å². The van der Waals surface area contributed by atoms with Gasteiger partial charge in [0.05, 0.1) is 24.6 Å². The molecule has 0 unspecified atom stereocenters. The number of pyridine rings is 3. The summed E-state index contributed by atoms with van der Waals surface area (Å²) < 4.78 is 23.3. The number of rotatable bonds is 6. The second kappa shape index (κ2) is 7.94. The zero-order valence-corrected chi connectivity index (χ0v) is 17.8. The number of nitrogens with zero attached hydrogens (tertiary/aromatic N) is 4. The van der Waals surface area contributed by atoms with Crippen molar-refractivity contribution in [1.82, 2.24) is 19.4 Å². The van der Waals surface area contributed by atoms with Crippen LogP contribution in [-0.4, -0.2) is 36.5 Å². The monoisotopic (exact) mass is 434 g/mol. The molecule has 0 bridgehead atoms. The third kappa shape index (κ3) is 3.60. The van der Waals surface area contributed by atoms with Crippen molar-refractivity contribution in [2.45, 2.75) is 45.4 Å². The highest BCUT2D eigenvalue weighted by atomic mass is 19.1. The van der Waals surface area contributed by atoms with Crippen LogP contribution in [0.2, 0.25) is 0 Å². The van der Waals surface area contributed by atoms with Crippen LogP contribution in [0.3, 0.4) is 0 Å². The fourth-order valence-electron chi connectivity index (χ4n) is 3.97. The Labute approximate surface area is 185 Å². The van der Waals surface area contributed by atoms with Crippen LogP contribution in [-0.2, 0) is 4.79 Å². The van der Waals surface area contributed by atoms with Gasteiger partial charge in [0.25, 0.3) is 0 Å². The second-order valence-electron chi connectivity index (χ2n) is 8.24. The Bertz CT molecular complexity index is 1390. The summed E-state index contributed by atoms with van der Waals surface area (Å²) >= 11 is 0. The number of carbonyl (C=O) groups is 1. The molecule has 8 heteroatoms. The number of aromatic nitrogens is 4. The minimum absolute atomic E-state index is 0.261. The SMILES string of the molecule is [2H][C@](O)(CCC)c1cc(C)c(-c2cc3cnc(NC(=O)[C@H]4C[C@H]4F)cc3n3ccnc23)cn1. The highest BCUT2D eigenvalue weighted by molar-refractivity contribution is 5.97. The van der Waals surface area contributed by atoms with E-state index in [0.29, 0.717) is 30.0 Å². The number of nitrogens with one attached hydrogen (secondary N) is 1. The zero-order chi connectivity index (χ0) is 23.3. The normalized spacial score (nSPS) is 20.2. The maximum absolute atomic E-state index is 13.2. The van der Waals surface area contributed by atoms with Gasteiger partial charge < -0.3 is 10.4 Å². The Morgan fingerprint density at radius 3 is 2.84 bits per heavy atom. The van der Waals surface area contributed by atoms with Crippen molar-refractivity contribution < 1.29 is 15.7 Å². The van der Waals surface area contributed by atoms with Gasteiger partial charge in [-0.1, -0.05) is 13.3 Å². The molecule has 4 heterocycles. The van der Waals surface area contributed by atoms with E-state index >= 15 is 0 Å². The largest absolute Gasteiger partial charge is 0.387 e. The van der Waals surface area contributed by atoms with Crippen LogP contribution in [0.1, 0.15) is 44.9 Å². The van der Waals surface area contributed by atoms with Crippen LogP contribution in [0.15, 0.2) is 43.0 Å². The molecule has 32 heavy (non-hydrogen) atoms. The van der Waals surface area contributed by atoms with E-state index in [1.54, 1.807) is 30.7 Å². The van der Waals surface area contributed by atoms with E-state index in [2.05, 4.69) is 20.3 Å². The summed E-state index contributed by atoms with van der Waals surface area (Å²) in [6.07, 6.45) is 5.29. The van der Waals surface area contributed by atoms with Crippen LogP contribution in [0.4, 0.5) is 10.2 Å². The zero-order valence-electron chi connectivity index (χ0n) is 18.8.